The summed E-state index contributed by atoms with van der Waals surface area (Å²) in [5.41, 5.74) is 0. The summed E-state index contributed by atoms with van der Waals surface area (Å²) in [6, 6.07) is 4.48. The van der Waals surface area contributed by atoms with Crippen molar-refractivity contribution in [3.8, 4) is 11.5 Å². The highest BCUT2D eigenvalue weighted by Gasteiger charge is 2.30. The fourth-order valence-corrected chi connectivity index (χ4v) is 0.867. The van der Waals surface area contributed by atoms with Gasteiger partial charge in [-0.2, -0.15) is 0 Å². The number of carbonyl (C=O) groups excluding carboxylic acids is 1. The zero-order valence-electron chi connectivity index (χ0n) is 8.17. The van der Waals surface area contributed by atoms with Gasteiger partial charge >= 0.3 is 12.5 Å². The average Bonchev–Trinajstić information content (AvgIpc) is 2.18. The molecule has 88 valence electrons. The monoisotopic (exact) mass is 235 g/mol. The third kappa shape index (κ3) is 4.07. The van der Waals surface area contributed by atoms with Crippen LogP contribution < -0.4 is 14.8 Å². The fourth-order valence-electron chi connectivity index (χ4n) is 0.867. The normalized spacial score (nSPS) is 10.8. The summed E-state index contributed by atoms with van der Waals surface area (Å²) in [7, 11) is 1.36. The highest BCUT2D eigenvalue weighted by molar-refractivity contribution is 5.69. The molecule has 1 rings (SSSR count). The third-order valence-electron chi connectivity index (χ3n) is 1.47. The fraction of sp³-hybridized carbons (Fsp3) is 0.222. The van der Waals surface area contributed by atoms with Crippen LogP contribution in [0, 0.1) is 0 Å². The van der Waals surface area contributed by atoms with Gasteiger partial charge in [-0.3, -0.25) is 0 Å². The molecule has 0 heterocycles. The van der Waals surface area contributed by atoms with Crippen molar-refractivity contribution in [2.75, 3.05) is 7.05 Å². The first kappa shape index (κ1) is 12.2. The van der Waals surface area contributed by atoms with Crippen molar-refractivity contribution in [3.05, 3.63) is 24.3 Å². The van der Waals surface area contributed by atoms with E-state index in [1.54, 1.807) is 0 Å². The number of rotatable bonds is 2. The molecule has 0 unspecified atom stereocenters. The molecule has 0 aromatic heterocycles. The molecule has 0 spiro atoms. The Hall–Kier alpha value is -1.92. The van der Waals surface area contributed by atoms with Crippen LogP contribution in [0.3, 0.4) is 0 Å². The second kappa shape index (κ2) is 4.73. The van der Waals surface area contributed by atoms with Crippen molar-refractivity contribution in [1.29, 1.82) is 0 Å². The van der Waals surface area contributed by atoms with Crippen LogP contribution in [0.2, 0.25) is 0 Å². The van der Waals surface area contributed by atoms with Crippen LogP contribution in [0.5, 0.6) is 11.5 Å². The van der Waals surface area contributed by atoms with Crippen LogP contribution in [-0.2, 0) is 0 Å². The van der Waals surface area contributed by atoms with E-state index in [4.69, 9.17) is 0 Å². The van der Waals surface area contributed by atoms with E-state index in [-0.39, 0.29) is 11.5 Å². The standard InChI is InChI=1S/C9H8F3NO3/c1-13-8(14)15-6-2-4-7(5-3-6)16-9(10,11)12/h2-5H,1H3,(H,13,14). The summed E-state index contributed by atoms with van der Waals surface area (Å²) in [6.45, 7) is 0. The van der Waals surface area contributed by atoms with Gasteiger partial charge in [-0.1, -0.05) is 0 Å². The summed E-state index contributed by atoms with van der Waals surface area (Å²) in [5, 5.41) is 2.19. The maximum absolute atomic E-state index is 11.8. The summed E-state index contributed by atoms with van der Waals surface area (Å²) < 4.78 is 43.7. The Bertz CT molecular complexity index is 361. The highest BCUT2D eigenvalue weighted by atomic mass is 19.4. The molecule has 1 aromatic carbocycles. The molecular formula is C9H8F3NO3. The van der Waals surface area contributed by atoms with Crippen LogP contribution >= 0.6 is 0 Å². The van der Waals surface area contributed by atoms with Gasteiger partial charge in [-0.25, -0.2) is 4.79 Å². The minimum atomic E-state index is -4.73. The van der Waals surface area contributed by atoms with Gasteiger partial charge < -0.3 is 14.8 Å². The van der Waals surface area contributed by atoms with Crippen LogP contribution in [-0.4, -0.2) is 19.5 Å². The van der Waals surface area contributed by atoms with E-state index >= 15 is 0 Å². The second-order valence-electron chi connectivity index (χ2n) is 2.66. The number of carbonyl (C=O) groups is 1. The average molecular weight is 235 g/mol. The summed E-state index contributed by atoms with van der Waals surface area (Å²) in [4.78, 5) is 10.8. The number of ether oxygens (including phenoxy) is 2. The number of halogens is 3. The maximum Gasteiger partial charge on any atom is 0.573 e. The van der Waals surface area contributed by atoms with E-state index in [1.165, 1.54) is 19.2 Å². The smallest absolute Gasteiger partial charge is 0.410 e. The zero-order chi connectivity index (χ0) is 12.2. The van der Waals surface area contributed by atoms with E-state index in [9.17, 15) is 18.0 Å². The number of hydrogen-bond acceptors (Lipinski definition) is 3. The molecule has 4 nitrogen and oxygen atoms in total. The highest BCUT2D eigenvalue weighted by Crippen LogP contribution is 2.24. The molecule has 1 amide bonds. The molecule has 0 aliphatic rings. The molecule has 0 saturated heterocycles. The first-order valence-electron chi connectivity index (χ1n) is 4.16. The van der Waals surface area contributed by atoms with Crippen molar-refractivity contribution in [3.63, 3.8) is 0 Å². The van der Waals surface area contributed by atoms with Crippen LogP contribution in [0.15, 0.2) is 24.3 Å². The predicted molar refractivity (Wildman–Crippen MR) is 48.2 cm³/mol. The SMILES string of the molecule is CNC(=O)Oc1ccc(OC(F)(F)F)cc1. The quantitative estimate of drug-likeness (QED) is 0.855. The van der Waals surface area contributed by atoms with E-state index in [1.807, 2.05) is 0 Å². The van der Waals surface area contributed by atoms with Crippen molar-refractivity contribution in [2.45, 2.75) is 6.36 Å². The van der Waals surface area contributed by atoms with Gasteiger partial charge in [0.15, 0.2) is 0 Å². The lowest BCUT2D eigenvalue weighted by molar-refractivity contribution is -0.274. The molecule has 16 heavy (non-hydrogen) atoms. The van der Waals surface area contributed by atoms with Crippen LogP contribution in [0.1, 0.15) is 0 Å². The molecule has 0 aliphatic carbocycles. The molecule has 0 saturated carbocycles. The Morgan fingerprint density at radius 2 is 1.69 bits per heavy atom. The van der Waals surface area contributed by atoms with Crippen molar-refractivity contribution in [2.24, 2.45) is 0 Å². The minimum Gasteiger partial charge on any atom is -0.410 e. The molecule has 0 bridgehead atoms. The lowest BCUT2D eigenvalue weighted by Crippen LogP contribution is -2.22. The predicted octanol–water partition coefficient (Wildman–Crippen LogP) is 2.30. The Labute approximate surface area is 89.0 Å². The van der Waals surface area contributed by atoms with Crippen molar-refractivity contribution in [1.82, 2.24) is 5.32 Å². The Morgan fingerprint density at radius 3 is 2.12 bits per heavy atom. The largest absolute Gasteiger partial charge is 0.573 e. The van der Waals surface area contributed by atoms with Gasteiger partial charge in [0, 0.05) is 7.05 Å². The molecule has 0 aliphatic heterocycles. The van der Waals surface area contributed by atoms with Crippen LogP contribution in [0.4, 0.5) is 18.0 Å². The van der Waals surface area contributed by atoms with Crippen molar-refractivity contribution < 1.29 is 27.4 Å². The van der Waals surface area contributed by atoms with Crippen LogP contribution in [0.25, 0.3) is 0 Å². The summed E-state index contributed by atoms with van der Waals surface area (Å²) >= 11 is 0. The third-order valence-corrected chi connectivity index (χ3v) is 1.47. The number of benzene rings is 1. The molecule has 1 aromatic rings. The van der Waals surface area contributed by atoms with Gasteiger partial charge in [-0.05, 0) is 24.3 Å². The topological polar surface area (TPSA) is 47.6 Å². The summed E-state index contributed by atoms with van der Waals surface area (Å²) in [5.74, 6) is -0.259. The van der Waals surface area contributed by atoms with Gasteiger partial charge in [-0.15, -0.1) is 13.2 Å². The Balaban J connectivity index is 2.64. The number of hydrogen-bond donors (Lipinski definition) is 1. The molecule has 1 N–H and O–H groups in total. The van der Waals surface area contributed by atoms with Gasteiger partial charge in [0.05, 0.1) is 0 Å². The second-order valence-corrected chi connectivity index (χ2v) is 2.66. The number of alkyl halides is 3. The molecule has 7 heteroatoms. The lowest BCUT2D eigenvalue weighted by atomic mass is 10.3. The van der Waals surface area contributed by atoms with E-state index in [0.29, 0.717) is 0 Å². The Morgan fingerprint density at radius 1 is 1.19 bits per heavy atom. The number of amides is 1. The summed E-state index contributed by atoms with van der Waals surface area (Å²) in [6.07, 6.45) is -5.44. The molecule has 0 radical (unpaired) electrons. The lowest BCUT2D eigenvalue weighted by Gasteiger charge is -2.09. The first-order valence-corrected chi connectivity index (χ1v) is 4.16. The van der Waals surface area contributed by atoms with Gasteiger partial charge in [0.2, 0.25) is 0 Å². The van der Waals surface area contributed by atoms with Gasteiger partial charge in [0.1, 0.15) is 11.5 Å². The zero-order valence-corrected chi connectivity index (χ0v) is 8.17. The van der Waals surface area contributed by atoms with Gasteiger partial charge in [0.25, 0.3) is 0 Å². The van der Waals surface area contributed by atoms with E-state index in [0.717, 1.165) is 12.1 Å². The maximum atomic E-state index is 11.8. The van der Waals surface area contributed by atoms with Crippen molar-refractivity contribution >= 4 is 6.09 Å². The molecule has 0 fully saturated rings. The number of nitrogens with one attached hydrogen (secondary N) is 1. The minimum absolute atomic E-state index is 0.119. The molecular weight excluding hydrogens is 227 g/mol. The van der Waals surface area contributed by atoms with E-state index in [2.05, 4.69) is 14.8 Å². The molecule has 0 atom stereocenters. The van der Waals surface area contributed by atoms with E-state index < -0.39 is 12.5 Å². The Kier molecular flexibility index (Phi) is 3.60. The first-order chi connectivity index (χ1) is 7.40.